The standard InChI is InChI=1S/C22H25F3N2O/c23-22(24,25)18-8-9-20-19(16-18)21(17-6-2-1-3-7-17)27(14-15-28-20)13-12-26-10-4-5-11-26/h1-3,6-9,16,21H,4-5,10-15H2. The second-order valence-corrected chi connectivity index (χ2v) is 7.50. The van der Waals surface area contributed by atoms with Crippen molar-refractivity contribution in [3.63, 3.8) is 0 Å². The summed E-state index contributed by atoms with van der Waals surface area (Å²) in [5.74, 6) is 0.547. The van der Waals surface area contributed by atoms with E-state index in [1.807, 2.05) is 30.3 Å². The fourth-order valence-corrected chi connectivity index (χ4v) is 4.21. The summed E-state index contributed by atoms with van der Waals surface area (Å²) in [5, 5.41) is 0. The molecule has 1 atom stereocenters. The van der Waals surface area contributed by atoms with Crippen molar-refractivity contribution in [2.24, 2.45) is 0 Å². The minimum Gasteiger partial charge on any atom is -0.492 e. The fraction of sp³-hybridized carbons (Fsp3) is 0.455. The van der Waals surface area contributed by atoms with Gasteiger partial charge in [0.15, 0.2) is 0 Å². The Morgan fingerprint density at radius 3 is 2.39 bits per heavy atom. The monoisotopic (exact) mass is 390 g/mol. The molecule has 0 aromatic heterocycles. The van der Waals surface area contributed by atoms with Gasteiger partial charge in [-0.2, -0.15) is 13.2 Å². The number of benzene rings is 2. The summed E-state index contributed by atoms with van der Waals surface area (Å²) in [6.45, 7) is 5.10. The maximum Gasteiger partial charge on any atom is 0.416 e. The Morgan fingerprint density at radius 2 is 1.68 bits per heavy atom. The van der Waals surface area contributed by atoms with Crippen LogP contribution < -0.4 is 4.74 Å². The largest absolute Gasteiger partial charge is 0.492 e. The number of hydrogen-bond donors (Lipinski definition) is 0. The normalized spacial score (nSPS) is 21.2. The van der Waals surface area contributed by atoms with Crippen LogP contribution in [0.25, 0.3) is 0 Å². The Bertz CT molecular complexity index is 788. The Balaban J connectivity index is 1.71. The van der Waals surface area contributed by atoms with Crippen LogP contribution in [-0.2, 0) is 6.18 Å². The lowest BCUT2D eigenvalue weighted by molar-refractivity contribution is -0.137. The van der Waals surface area contributed by atoms with Crippen LogP contribution in [0.2, 0.25) is 0 Å². The molecule has 0 bridgehead atoms. The van der Waals surface area contributed by atoms with Gasteiger partial charge in [-0.15, -0.1) is 0 Å². The van der Waals surface area contributed by atoms with E-state index in [-0.39, 0.29) is 6.04 Å². The third-order valence-corrected chi connectivity index (χ3v) is 5.65. The highest BCUT2D eigenvalue weighted by Crippen LogP contribution is 2.40. The molecule has 1 unspecified atom stereocenters. The molecular formula is C22H25F3N2O. The first-order chi connectivity index (χ1) is 13.5. The van der Waals surface area contributed by atoms with E-state index in [1.54, 1.807) is 0 Å². The SMILES string of the molecule is FC(F)(F)c1ccc2c(c1)C(c1ccccc1)N(CCN1CCCC1)CCO2. The van der Waals surface area contributed by atoms with E-state index in [9.17, 15) is 13.2 Å². The lowest BCUT2D eigenvalue weighted by atomic mass is 9.94. The molecule has 3 nitrogen and oxygen atoms in total. The summed E-state index contributed by atoms with van der Waals surface area (Å²) >= 11 is 0. The molecule has 0 radical (unpaired) electrons. The highest BCUT2D eigenvalue weighted by atomic mass is 19.4. The van der Waals surface area contributed by atoms with Gasteiger partial charge >= 0.3 is 6.18 Å². The van der Waals surface area contributed by atoms with Crippen LogP contribution in [0.5, 0.6) is 5.75 Å². The maximum absolute atomic E-state index is 13.4. The number of halogens is 3. The third-order valence-electron chi connectivity index (χ3n) is 5.65. The molecule has 2 aromatic rings. The average molecular weight is 390 g/mol. The average Bonchev–Trinajstić information content (AvgIpc) is 3.13. The zero-order valence-corrected chi connectivity index (χ0v) is 15.8. The smallest absolute Gasteiger partial charge is 0.416 e. The topological polar surface area (TPSA) is 15.7 Å². The summed E-state index contributed by atoms with van der Waals surface area (Å²) in [5.41, 5.74) is 0.965. The van der Waals surface area contributed by atoms with Gasteiger partial charge in [0.2, 0.25) is 0 Å². The van der Waals surface area contributed by atoms with Crippen molar-refractivity contribution in [3.8, 4) is 5.75 Å². The van der Waals surface area contributed by atoms with Gasteiger partial charge < -0.3 is 9.64 Å². The van der Waals surface area contributed by atoms with Crippen LogP contribution >= 0.6 is 0 Å². The van der Waals surface area contributed by atoms with Crippen molar-refractivity contribution in [2.75, 3.05) is 39.3 Å². The number of alkyl halides is 3. The number of likely N-dealkylation sites (tertiary alicyclic amines) is 1. The number of hydrogen-bond acceptors (Lipinski definition) is 3. The molecular weight excluding hydrogens is 365 g/mol. The van der Waals surface area contributed by atoms with Gasteiger partial charge in [0.1, 0.15) is 12.4 Å². The van der Waals surface area contributed by atoms with Crippen LogP contribution in [0.1, 0.15) is 35.6 Å². The van der Waals surface area contributed by atoms with Gasteiger partial charge in [0.05, 0.1) is 11.6 Å². The van der Waals surface area contributed by atoms with Crippen LogP contribution in [0, 0.1) is 0 Å². The Morgan fingerprint density at radius 1 is 0.929 bits per heavy atom. The molecule has 0 N–H and O–H groups in total. The molecule has 0 saturated carbocycles. The summed E-state index contributed by atoms with van der Waals surface area (Å²) in [7, 11) is 0. The second-order valence-electron chi connectivity index (χ2n) is 7.50. The first-order valence-electron chi connectivity index (χ1n) is 9.88. The van der Waals surface area contributed by atoms with Gasteiger partial charge in [-0.25, -0.2) is 0 Å². The van der Waals surface area contributed by atoms with E-state index < -0.39 is 11.7 Å². The van der Waals surface area contributed by atoms with Crippen molar-refractivity contribution in [2.45, 2.75) is 25.1 Å². The molecule has 1 saturated heterocycles. The van der Waals surface area contributed by atoms with Crippen LogP contribution in [-0.4, -0.2) is 49.1 Å². The van der Waals surface area contributed by atoms with E-state index >= 15 is 0 Å². The van der Waals surface area contributed by atoms with E-state index in [1.165, 1.54) is 25.0 Å². The van der Waals surface area contributed by atoms with Gasteiger partial charge in [-0.1, -0.05) is 30.3 Å². The van der Waals surface area contributed by atoms with E-state index in [0.29, 0.717) is 24.5 Å². The van der Waals surface area contributed by atoms with E-state index in [4.69, 9.17) is 4.74 Å². The highest BCUT2D eigenvalue weighted by Gasteiger charge is 2.34. The van der Waals surface area contributed by atoms with Crippen molar-refractivity contribution in [1.29, 1.82) is 0 Å². The molecule has 1 fully saturated rings. The van der Waals surface area contributed by atoms with Crippen LogP contribution in [0.15, 0.2) is 48.5 Å². The second kappa shape index (κ2) is 8.13. The predicted molar refractivity (Wildman–Crippen MR) is 102 cm³/mol. The number of ether oxygens (including phenoxy) is 1. The molecule has 2 aliphatic rings. The summed E-state index contributed by atoms with van der Waals surface area (Å²) in [6, 6.07) is 13.4. The Labute approximate surface area is 163 Å². The summed E-state index contributed by atoms with van der Waals surface area (Å²) in [4.78, 5) is 4.69. The first-order valence-corrected chi connectivity index (χ1v) is 9.88. The lowest BCUT2D eigenvalue weighted by Gasteiger charge is -2.32. The molecule has 150 valence electrons. The van der Waals surface area contributed by atoms with Crippen molar-refractivity contribution >= 4 is 0 Å². The fourth-order valence-electron chi connectivity index (χ4n) is 4.21. The van der Waals surface area contributed by atoms with E-state index in [2.05, 4.69) is 9.80 Å². The minimum atomic E-state index is -4.37. The van der Waals surface area contributed by atoms with Crippen molar-refractivity contribution < 1.29 is 17.9 Å². The Kier molecular flexibility index (Phi) is 5.60. The molecule has 0 aliphatic carbocycles. The van der Waals surface area contributed by atoms with Gasteiger partial charge in [-0.05, 0) is 49.7 Å². The van der Waals surface area contributed by atoms with Gasteiger partial charge in [0, 0.05) is 25.2 Å². The minimum absolute atomic E-state index is 0.247. The molecule has 4 rings (SSSR count). The zero-order valence-electron chi connectivity index (χ0n) is 15.8. The molecule has 2 heterocycles. The van der Waals surface area contributed by atoms with Crippen LogP contribution in [0.4, 0.5) is 13.2 Å². The molecule has 6 heteroatoms. The van der Waals surface area contributed by atoms with Gasteiger partial charge in [0.25, 0.3) is 0 Å². The molecule has 0 amide bonds. The predicted octanol–water partition coefficient (Wildman–Crippen LogP) is 4.59. The highest BCUT2D eigenvalue weighted by molar-refractivity contribution is 5.45. The van der Waals surface area contributed by atoms with Gasteiger partial charge in [-0.3, -0.25) is 4.90 Å². The first kappa shape index (κ1) is 19.3. The number of rotatable bonds is 4. The molecule has 28 heavy (non-hydrogen) atoms. The zero-order chi connectivity index (χ0) is 19.6. The molecule has 2 aromatic carbocycles. The van der Waals surface area contributed by atoms with Crippen molar-refractivity contribution in [1.82, 2.24) is 9.80 Å². The quantitative estimate of drug-likeness (QED) is 0.760. The summed E-state index contributed by atoms with van der Waals surface area (Å²) < 4.78 is 46.0. The van der Waals surface area contributed by atoms with Crippen molar-refractivity contribution in [3.05, 3.63) is 65.2 Å². The molecule has 0 spiro atoms. The van der Waals surface area contributed by atoms with Crippen LogP contribution in [0.3, 0.4) is 0 Å². The summed E-state index contributed by atoms with van der Waals surface area (Å²) in [6.07, 6.45) is -1.92. The lowest BCUT2D eigenvalue weighted by Crippen LogP contribution is -2.38. The Hall–Kier alpha value is -2.05. The number of nitrogens with zero attached hydrogens (tertiary/aromatic N) is 2. The maximum atomic E-state index is 13.4. The van der Waals surface area contributed by atoms with E-state index in [0.717, 1.165) is 37.8 Å². The third kappa shape index (κ3) is 4.18. The number of fused-ring (bicyclic) bond motifs is 1. The molecule has 2 aliphatic heterocycles.